The highest BCUT2D eigenvalue weighted by atomic mass is 19.1. The summed E-state index contributed by atoms with van der Waals surface area (Å²) >= 11 is 0. The molecule has 3 aromatic heterocycles. The molecule has 1 amide bonds. The number of nitrogens with zero attached hydrogens (tertiary/aromatic N) is 3. The number of nitrogens with two attached hydrogens (primary N) is 1. The molecule has 0 saturated heterocycles. The van der Waals surface area contributed by atoms with E-state index in [0.29, 0.717) is 23.5 Å². The van der Waals surface area contributed by atoms with Crippen molar-refractivity contribution in [2.24, 2.45) is 5.73 Å². The maximum Gasteiger partial charge on any atom is 0.267 e. The Kier molecular flexibility index (Phi) is 4.25. The Bertz CT molecular complexity index is 1120. The number of fused-ring (bicyclic) bond motifs is 1. The third-order valence-corrected chi connectivity index (χ3v) is 4.12. The average molecular weight is 362 g/mol. The predicted octanol–water partition coefficient (Wildman–Crippen LogP) is 3.21. The molecule has 4 rings (SSSR count). The van der Waals surface area contributed by atoms with E-state index in [-0.39, 0.29) is 11.5 Å². The van der Waals surface area contributed by atoms with Crippen LogP contribution in [0.2, 0.25) is 0 Å². The molecular formula is C20H15FN4O2. The first-order valence-corrected chi connectivity index (χ1v) is 8.20. The first-order valence-electron chi connectivity index (χ1n) is 8.20. The van der Waals surface area contributed by atoms with E-state index in [1.807, 2.05) is 28.9 Å². The molecule has 3 heterocycles. The second-order valence-corrected chi connectivity index (χ2v) is 5.96. The van der Waals surface area contributed by atoms with Crippen LogP contribution in [-0.2, 0) is 6.61 Å². The summed E-state index contributed by atoms with van der Waals surface area (Å²) in [4.78, 5) is 19.7. The van der Waals surface area contributed by atoms with E-state index in [2.05, 4.69) is 9.97 Å². The monoisotopic (exact) mass is 362 g/mol. The summed E-state index contributed by atoms with van der Waals surface area (Å²) < 4.78 is 21.1. The molecule has 1 aromatic carbocycles. The number of rotatable bonds is 5. The van der Waals surface area contributed by atoms with Gasteiger partial charge in [-0.2, -0.15) is 0 Å². The molecule has 0 bridgehead atoms. The number of benzene rings is 1. The van der Waals surface area contributed by atoms with E-state index in [1.165, 1.54) is 18.3 Å². The molecule has 134 valence electrons. The summed E-state index contributed by atoms with van der Waals surface area (Å²) in [5.41, 5.74) is 8.53. The smallest absolute Gasteiger partial charge is 0.267 e. The molecule has 2 N–H and O–H groups in total. The number of carbonyl (C=O) groups excluding carboxylic acids is 1. The standard InChI is InChI=1S/C20H15FN4O2/c21-15-4-2-14(3-5-15)16-9-17(20(22)26)24-10-18(16)27-12-13-1-6-19-23-7-8-25(19)11-13/h1-11H,12H2,(H2,22,26). The third kappa shape index (κ3) is 3.48. The third-order valence-electron chi connectivity index (χ3n) is 4.12. The van der Waals surface area contributed by atoms with Crippen molar-refractivity contribution in [2.45, 2.75) is 6.61 Å². The zero-order valence-corrected chi connectivity index (χ0v) is 14.2. The number of amides is 1. The maximum absolute atomic E-state index is 13.3. The van der Waals surface area contributed by atoms with E-state index in [4.69, 9.17) is 10.5 Å². The summed E-state index contributed by atoms with van der Waals surface area (Å²) in [7, 11) is 0. The molecular weight excluding hydrogens is 347 g/mol. The second-order valence-electron chi connectivity index (χ2n) is 5.96. The molecule has 0 saturated carbocycles. The molecule has 7 heteroatoms. The van der Waals surface area contributed by atoms with Gasteiger partial charge in [-0.05, 0) is 29.8 Å². The zero-order chi connectivity index (χ0) is 18.8. The van der Waals surface area contributed by atoms with Gasteiger partial charge in [0.1, 0.15) is 29.5 Å². The number of hydrogen-bond donors (Lipinski definition) is 1. The van der Waals surface area contributed by atoms with Crippen LogP contribution in [0.5, 0.6) is 5.75 Å². The van der Waals surface area contributed by atoms with Gasteiger partial charge < -0.3 is 14.9 Å². The van der Waals surface area contributed by atoms with Gasteiger partial charge in [0.05, 0.1) is 6.20 Å². The number of hydrogen-bond acceptors (Lipinski definition) is 4. The molecule has 27 heavy (non-hydrogen) atoms. The minimum atomic E-state index is -0.643. The summed E-state index contributed by atoms with van der Waals surface area (Å²) in [6, 6.07) is 11.3. The normalized spacial score (nSPS) is 10.9. The van der Waals surface area contributed by atoms with Crippen molar-refractivity contribution in [1.29, 1.82) is 0 Å². The molecule has 0 spiro atoms. The van der Waals surface area contributed by atoms with Gasteiger partial charge in [-0.1, -0.05) is 18.2 Å². The van der Waals surface area contributed by atoms with E-state index in [9.17, 15) is 9.18 Å². The van der Waals surface area contributed by atoms with Crippen LogP contribution in [0, 0.1) is 5.82 Å². The first-order chi connectivity index (χ1) is 13.1. The number of aromatic nitrogens is 3. The number of imidazole rings is 1. The fourth-order valence-electron chi connectivity index (χ4n) is 2.76. The lowest BCUT2D eigenvalue weighted by molar-refractivity contribution is 0.0995. The number of ether oxygens (including phenoxy) is 1. The van der Waals surface area contributed by atoms with Crippen LogP contribution in [0.15, 0.2) is 67.3 Å². The van der Waals surface area contributed by atoms with Gasteiger partial charge in [-0.3, -0.25) is 4.79 Å². The van der Waals surface area contributed by atoms with Crippen molar-refractivity contribution < 1.29 is 13.9 Å². The maximum atomic E-state index is 13.3. The lowest BCUT2D eigenvalue weighted by Crippen LogP contribution is -2.13. The predicted molar refractivity (Wildman–Crippen MR) is 97.7 cm³/mol. The topological polar surface area (TPSA) is 82.5 Å². The van der Waals surface area contributed by atoms with Crippen molar-refractivity contribution in [3.8, 4) is 16.9 Å². The van der Waals surface area contributed by atoms with E-state index in [1.54, 1.807) is 24.4 Å². The van der Waals surface area contributed by atoms with Crippen LogP contribution in [0.4, 0.5) is 4.39 Å². The summed E-state index contributed by atoms with van der Waals surface area (Å²) in [6.07, 6.45) is 6.95. The second kappa shape index (κ2) is 6.87. The lowest BCUT2D eigenvalue weighted by atomic mass is 10.0. The van der Waals surface area contributed by atoms with Gasteiger partial charge >= 0.3 is 0 Å². The number of carbonyl (C=O) groups is 1. The molecule has 6 nitrogen and oxygen atoms in total. The fourth-order valence-corrected chi connectivity index (χ4v) is 2.76. The highest BCUT2D eigenvalue weighted by molar-refractivity contribution is 5.92. The fraction of sp³-hybridized carbons (Fsp3) is 0.0500. The Morgan fingerprint density at radius 1 is 1.15 bits per heavy atom. The van der Waals surface area contributed by atoms with Gasteiger partial charge in [0.15, 0.2) is 0 Å². The highest BCUT2D eigenvalue weighted by Crippen LogP contribution is 2.31. The lowest BCUT2D eigenvalue weighted by Gasteiger charge is -2.13. The van der Waals surface area contributed by atoms with Crippen LogP contribution in [0.1, 0.15) is 16.1 Å². The van der Waals surface area contributed by atoms with Crippen molar-refractivity contribution in [3.63, 3.8) is 0 Å². The molecule has 0 aliphatic carbocycles. The van der Waals surface area contributed by atoms with Crippen LogP contribution < -0.4 is 10.5 Å². The average Bonchev–Trinajstić information content (AvgIpc) is 3.14. The van der Waals surface area contributed by atoms with Crippen LogP contribution >= 0.6 is 0 Å². The molecule has 4 aromatic rings. The Balaban J connectivity index is 1.66. The van der Waals surface area contributed by atoms with Crippen molar-refractivity contribution in [2.75, 3.05) is 0 Å². The Labute approximate surface area is 154 Å². The summed E-state index contributed by atoms with van der Waals surface area (Å²) in [5, 5.41) is 0. The summed E-state index contributed by atoms with van der Waals surface area (Å²) in [5.74, 6) is -0.521. The van der Waals surface area contributed by atoms with Gasteiger partial charge in [-0.15, -0.1) is 0 Å². The number of halogens is 1. The van der Waals surface area contributed by atoms with Crippen LogP contribution in [0.25, 0.3) is 16.8 Å². The SMILES string of the molecule is NC(=O)c1cc(-c2ccc(F)cc2)c(OCc2ccc3nccn3c2)cn1. The number of primary amides is 1. The van der Waals surface area contributed by atoms with Crippen molar-refractivity contribution in [3.05, 3.63) is 84.3 Å². The van der Waals surface area contributed by atoms with E-state index in [0.717, 1.165) is 11.2 Å². The van der Waals surface area contributed by atoms with Gasteiger partial charge in [0.2, 0.25) is 0 Å². The molecule has 0 aliphatic heterocycles. The van der Waals surface area contributed by atoms with Gasteiger partial charge in [-0.25, -0.2) is 14.4 Å². The minimum Gasteiger partial charge on any atom is -0.487 e. The Morgan fingerprint density at radius 3 is 2.74 bits per heavy atom. The molecule has 0 unspecified atom stereocenters. The number of pyridine rings is 2. The molecule has 0 atom stereocenters. The molecule has 0 radical (unpaired) electrons. The Hall–Kier alpha value is -3.74. The van der Waals surface area contributed by atoms with Gasteiger partial charge in [0.25, 0.3) is 5.91 Å². The van der Waals surface area contributed by atoms with Crippen molar-refractivity contribution in [1.82, 2.24) is 14.4 Å². The van der Waals surface area contributed by atoms with Gasteiger partial charge in [0, 0.05) is 29.7 Å². The first kappa shape index (κ1) is 16.7. The van der Waals surface area contributed by atoms with Crippen LogP contribution in [-0.4, -0.2) is 20.3 Å². The molecule has 0 aliphatic rings. The zero-order valence-electron chi connectivity index (χ0n) is 14.2. The highest BCUT2D eigenvalue weighted by Gasteiger charge is 2.12. The van der Waals surface area contributed by atoms with Crippen LogP contribution in [0.3, 0.4) is 0 Å². The quantitative estimate of drug-likeness (QED) is 0.591. The molecule has 0 fully saturated rings. The Morgan fingerprint density at radius 2 is 1.96 bits per heavy atom. The largest absolute Gasteiger partial charge is 0.487 e. The van der Waals surface area contributed by atoms with E-state index < -0.39 is 5.91 Å². The minimum absolute atomic E-state index is 0.113. The van der Waals surface area contributed by atoms with E-state index >= 15 is 0 Å². The summed E-state index contributed by atoms with van der Waals surface area (Å²) in [6.45, 7) is 0.292. The van der Waals surface area contributed by atoms with Crippen molar-refractivity contribution >= 4 is 11.6 Å².